The third kappa shape index (κ3) is 4.54. The smallest absolute Gasteiger partial charge is 0.237 e. The number of fused-ring (bicyclic) bond motifs is 1. The zero-order valence-corrected chi connectivity index (χ0v) is 17.1. The van der Waals surface area contributed by atoms with Crippen LogP contribution < -0.4 is 14.8 Å². The summed E-state index contributed by atoms with van der Waals surface area (Å²) >= 11 is 1.30. The molecule has 0 saturated carbocycles. The first-order valence-corrected chi connectivity index (χ1v) is 10.4. The number of anilines is 1. The number of aromatic nitrogens is 3. The monoisotopic (exact) mass is 410 g/mol. The quantitative estimate of drug-likeness (QED) is 0.599. The fraction of sp³-hybridized carbons (Fsp3) is 0.286. The molecule has 0 fully saturated rings. The van der Waals surface area contributed by atoms with Crippen molar-refractivity contribution in [2.45, 2.75) is 30.7 Å². The molecule has 1 aliphatic heterocycles. The maximum atomic E-state index is 12.6. The van der Waals surface area contributed by atoms with Gasteiger partial charge in [-0.1, -0.05) is 43.0 Å². The lowest BCUT2D eigenvalue weighted by Crippen LogP contribution is -2.23. The van der Waals surface area contributed by atoms with E-state index in [4.69, 9.17) is 9.47 Å². The lowest BCUT2D eigenvalue weighted by Gasteiger charge is -2.19. The highest BCUT2D eigenvalue weighted by molar-refractivity contribution is 8.00. The molecule has 0 aliphatic carbocycles. The number of nitrogens with one attached hydrogen (secondary N) is 2. The van der Waals surface area contributed by atoms with E-state index < -0.39 is 0 Å². The number of hydrogen-bond acceptors (Lipinski definition) is 6. The van der Waals surface area contributed by atoms with E-state index >= 15 is 0 Å². The summed E-state index contributed by atoms with van der Waals surface area (Å²) < 4.78 is 11.1. The molecular weight excluding hydrogens is 388 g/mol. The van der Waals surface area contributed by atoms with Crippen LogP contribution in [0.15, 0.2) is 47.6 Å². The molecule has 1 aliphatic rings. The summed E-state index contributed by atoms with van der Waals surface area (Å²) in [4.78, 5) is 17.1. The van der Waals surface area contributed by atoms with Crippen LogP contribution in [0, 0.1) is 0 Å². The van der Waals surface area contributed by atoms with Crippen molar-refractivity contribution in [2.75, 3.05) is 18.5 Å². The van der Waals surface area contributed by atoms with Crippen molar-refractivity contribution in [3.8, 4) is 22.9 Å². The number of nitrogens with zero attached hydrogens (tertiary/aromatic N) is 2. The standard InChI is InChI=1S/C21H22N4O3S/c1-3-14-4-6-15(7-5-14)19-23-21(25-24-19)29-13(2)20(26)22-16-8-9-17-18(12-16)28-11-10-27-17/h4-9,12-13H,3,10-11H2,1-2H3,(H,22,26)(H,23,24,25)/t13-/m1/s1. The molecule has 2 N–H and O–H groups in total. The van der Waals surface area contributed by atoms with Crippen molar-refractivity contribution in [2.24, 2.45) is 0 Å². The second kappa shape index (κ2) is 8.57. The lowest BCUT2D eigenvalue weighted by atomic mass is 10.1. The van der Waals surface area contributed by atoms with Gasteiger partial charge in [0, 0.05) is 17.3 Å². The molecule has 3 aromatic rings. The number of amides is 1. The summed E-state index contributed by atoms with van der Waals surface area (Å²) in [5.74, 6) is 1.89. The van der Waals surface area contributed by atoms with E-state index in [1.54, 1.807) is 18.2 Å². The second-order valence-corrected chi connectivity index (χ2v) is 7.93. The van der Waals surface area contributed by atoms with Gasteiger partial charge in [0.25, 0.3) is 0 Å². The van der Waals surface area contributed by atoms with E-state index in [0.717, 1.165) is 12.0 Å². The van der Waals surface area contributed by atoms with Crippen LogP contribution in [0.5, 0.6) is 11.5 Å². The zero-order chi connectivity index (χ0) is 20.2. The van der Waals surface area contributed by atoms with Gasteiger partial charge in [-0.3, -0.25) is 9.89 Å². The lowest BCUT2D eigenvalue weighted by molar-refractivity contribution is -0.115. The van der Waals surface area contributed by atoms with Crippen molar-refractivity contribution in [1.82, 2.24) is 15.2 Å². The number of benzene rings is 2. The Morgan fingerprint density at radius 3 is 2.69 bits per heavy atom. The molecule has 4 rings (SSSR count). The third-order valence-corrected chi connectivity index (χ3v) is 5.52. The highest BCUT2D eigenvalue weighted by atomic mass is 32.2. The van der Waals surface area contributed by atoms with Crippen LogP contribution in [0.25, 0.3) is 11.4 Å². The van der Waals surface area contributed by atoms with E-state index in [1.807, 2.05) is 19.1 Å². The van der Waals surface area contributed by atoms with Crippen molar-refractivity contribution in [3.63, 3.8) is 0 Å². The van der Waals surface area contributed by atoms with Crippen LogP contribution in [0.4, 0.5) is 5.69 Å². The molecule has 7 nitrogen and oxygen atoms in total. The van der Waals surface area contributed by atoms with Gasteiger partial charge in [0.15, 0.2) is 17.3 Å². The highest BCUT2D eigenvalue weighted by Crippen LogP contribution is 2.33. The topological polar surface area (TPSA) is 89.1 Å². The van der Waals surface area contributed by atoms with Crippen LogP contribution in [-0.4, -0.2) is 39.6 Å². The van der Waals surface area contributed by atoms with Gasteiger partial charge in [-0.2, -0.15) is 0 Å². The Morgan fingerprint density at radius 1 is 1.17 bits per heavy atom. The van der Waals surface area contributed by atoms with Crippen molar-refractivity contribution in [1.29, 1.82) is 0 Å². The van der Waals surface area contributed by atoms with E-state index in [0.29, 0.717) is 41.4 Å². The molecule has 1 aromatic heterocycles. The largest absolute Gasteiger partial charge is 0.486 e. The number of thioether (sulfide) groups is 1. The fourth-order valence-electron chi connectivity index (χ4n) is 2.90. The molecule has 2 heterocycles. The van der Waals surface area contributed by atoms with Crippen LogP contribution in [-0.2, 0) is 11.2 Å². The number of carbonyl (C=O) groups is 1. The fourth-order valence-corrected chi connectivity index (χ4v) is 3.63. The molecule has 1 atom stereocenters. The Balaban J connectivity index is 1.38. The molecule has 0 spiro atoms. The first-order chi connectivity index (χ1) is 14.1. The van der Waals surface area contributed by atoms with E-state index in [9.17, 15) is 4.79 Å². The minimum absolute atomic E-state index is 0.134. The average Bonchev–Trinajstić information content (AvgIpc) is 3.22. The number of carbonyl (C=O) groups excluding carboxylic acids is 1. The van der Waals surface area contributed by atoms with Gasteiger partial charge in [-0.15, -0.1) is 5.10 Å². The van der Waals surface area contributed by atoms with Gasteiger partial charge in [0.2, 0.25) is 11.1 Å². The first-order valence-electron chi connectivity index (χ1n) is 9.51. The Morgan fingerprint density at radius 2 is 1.93 bits per heavy atom. The summed E-state index contributed by atoms with van der Waals surface area (Å²) in [5.41, 5.74) is 2.90. The SMILES string of the molecule is CCc1ccc(-c2nc(S[C@H](C)C(=O)Nc3ccc4c(c3)OCCO4)n[nH]2)cc1. The molecule has 0 unspecified atom stereocenters. The molecule has 1 amide bonds. The summed E-state index contributed by atoms with van der Waals surface area (Å²) in [6.45, 7) is 4.98. The molecule has 0 radical (unpaired) electrons. The van der Waals surface area contributed by atoms with Crippen molar-refractivity contribution < 1.29 is 14.3 Å². The molecule has 150 valence electrons. The second-order valence-electron chi connectivity index (χ2n) is 6.62. The number of hydrogen-bond donors (Lipinski definition) is 2. The highest BCUT2D eigenvalue weighted by Gasteiger charge is 2.19. The van der Waals surface area contributed by atoms with Gasteiger partial charge in [0.1, 0.15) is 13.2 Å². The zero-order valence-electron chi connectivity index (χ0n) is 16.3. The summed E-state index contributed by atoms with van der Waals surface area (Å²) in [7, 11) is 0. The predicted molar refractivity (Wildman–Crippen MR) is 113 cm³/mol. The molecule has 0 bridgehead atoms. The molecule has 0 saturated heterocycles. The van der Waals surface area contributed by atoms with Crippen LogP contribution in [0.2, 0.25) is 0 Å². The molecule has 8 heteroatoms. The van der Waals surface area contributed by atoms with Gasteiger partial charge in [0.05, 0.1) is 5.25 Å². The first kappa shape index (κ1) is 19.3. The number of ether oxygens (including phenoxy) is 2. The number of H-pyrrole nitrogens is 1. The van der Waals surface area contributed by atoms with Gasteiger partial charge < -0.3 is 14.8 Å². The Bertz CT molecular complexity index is 1000. The van der Waals surface area contributed by atoms with Crippen LogP contribution in [0.1, 0.15) is 19.4 Å². The summed E-state index contributed by atoms with van der Waals surface area (Å²) in [6.07, 6.45) is 0.994. The van der Waals surface area contributed by atoms with E-state index in [-0.39, 0.29) is 11.2 Å². The van der Waals surface area contributed by atoms with Gasteiger partial charge >= 0.3 is 0 Å². The van der Waals surface area contributed by atoms with Gasteiger partial charge in [-0.05, 0) is 31.0 Å². The predicted octanol–water partition coefficient (Wildman–Crippen LogP) is 3.92. The maximum absolute atomic E-state index is 12.6. The maximum Gasteiger partial charge on any atom is 0.237 e. The Labute approximate surface area is 173 Å². The van der Waals surface area contributed by atoms with Gasteiger partial charge in [-0.25, -0.2) is 4.98 Å². The Kier molecular flexibility index (Phi) is 5.71. The van der Waals surface area contributed by atoms with E-state index in [2.05, 4.69) is 39.6 Å². The minimum atomic E-state index is -0.366. The number of aryl methyl sites for hydroxylation is 1. The van der Waals surface area contributed by atoms with Crippen molar-refractivity contribution >= 4 is 23.4 Å². The third-order valence-electron chi connectivity index (χ3n) is 4.56. The van der Waals surface area contributed by atoms with Crippen LogP contribution in [0.3, 0.4) is 0 Å². The Hall–Kier alpha value is -3.00. The summed E-state index contributed by atoms with van der Waals surface area (Å²) in [5, 5.41) is 10.2. The molecule has 2 aromatic carbocycles. The van der Waals surface area contributed by atoms with Crippen LogP contribution >= 0.6 is 11.8 Å². The summed E-state index contributed by atoms with van der Waals surface area (Å²) in [6, 6.07) is 13.6. The minimum Gasteiger partial charge on any atom is -0.486 e. The number of rotatable bonds is 6. The normalized spacial score (nSPS) is 13.7. The average molecular weight is 410 g/mol. The molecule has 29 heavy (non-hydrogen) atoms. The number of aromatic amines is 1. The van der Waals surface area contributed by atoms with E-state index in [1.165, 1.54) is 17.3 Å². The molecular formula is C21H22N4O3S. The van der Waals surface area contributed by atoms with Crippen molar-refractivity contribution in [3.05, 3.63) is 48.0 Å².